The van der Waals surface area contributed by atoms with Crippen LogP contribution in [0.2, 0.25) is 0 Å². The van der Waals surface area contributed by atoms with Crippen LogP contribution in [0, 0.1) is 23.5 Å². The van der Waals surface area contributed by atoms with Crippen molar-refractivity contribution in [3.63, 3.8) is 0 Å². The van der Waals surface area contributed by atoms with Crippen LogP contribution in [0.15, 0.2) is 18.2 Å². The average Bonchev–Trinajstić information content (AvgIpc) is 3.27. The molecule has 2 amide bonds. The molecule has 1 fully saturated rings. The number of benzene rings is 1. The second kappa shape index (κ2) is 7.31. The molecule has 22 heavy (non-hydrogen) atoms. The van der Waals surface area contributed by atoms with Crippen LogP contribution in [0.1, 0.15) is 12.8 Å². The van der Waals surface area contributed by atoms with Gasteiger partial charge in [-0.05, 0) is 25.0 Å². The molecule has 0 heterocycles. The summed E-state index contributed by atoms with van der Waals surface area (Å²) < 4.78 is 31.1. The third-order valence-corrected chi connectivity index (χ3v) is 3.48. The van der Waals surface area contributed by atoms with Crippen molar-refractivity contribution in [3.8, 4) is 0 Å². The maximum absolute atomic E-state index is 13.4. The zero-order valence-corrected chi connectivity index (χ0v) is 12.2. The number of methoxy groups -OCH3 is 1. The molecule has 2 N–H and O–H groups in total. The Morgan fingerprint density at radius 3 is 2.68 bits per heavy atom. The Morgan fingerprint density at radius 2 is 2.00 bits per heavy atom. The van der Waals surface area contributed by atoms with Crippen LogP contribution in [0.25, 0.3) is 0 Å². The van der Waals surface area contributed by atoms with Gasteiger partial charge >= 0.3 is 0 Å². The first kappa shape index (κ1) is 16.4. The third kappa shape index (κ3) is 4.24. The Bertz CT molecular complexity index is 566. The van der Waals surface area contributed by atoms with Crippen LogP contribution < -0.4 is 10.6 Å². The highest BCUT2D eigenvalue weighted by Gasteiger charge is 2.47. The molecule has 7 heteroatoms. The van der Waals surface area contributed by atoms with Gasteiger partial charge in [0.25, 0.3) is 0 Å². The van der Waals surface area contributed by atoms with Gasteiger partial charge in [0.05, 0.1) is 17.5 Å². The Labute approximate surface area is 127 Å². The molecule has 1 aromatic carbocycles. The van der Waals surface area contributed by atoms with Crippen LogP contribution in [0.4, 0.5) is 14.5 Å². The Morgan fingerprint density at radius 1 is 1.27 bits per heavy atom. The van der Waals surface area contributed by atoms with Crippen molar-refractivity contribution in [2.24, 2.45) is 11.8 Å². The molecule has 1 aliphatic carbocycles. The molecule has 0 bridgehead atoms. The number of anilines is 1. The Balaban J connectivity index is 1.79. The summed E-state index contributed by atoms with van der Waals surface area (Å²) in [4.78, 5) is 23.7. The van der Waals surface area contributed by atoms with Crippen molar-refractivity contribution < 1.29 is 23.1 Å². The molecule has 0 aromatic heterocycles. The smallest absolute Gasteiger partial charge is 0.228 e. The van der Waals surface area contributed by atoms with E-state index < -0.39 is 23.5 Å². The molecular formula is C15H18F2N2O3. The van der Waals surface area contributed by atoms with E-state index in [1.54, 1.807) is 7.11 Å². The largest absolute Gasteiger partial charge is 0.385 e. The van der Waals surface area contributed by atoms with E-state index in [-0.39, 0.29) is 17.5 Å². The molecule has 120 valence electrons. The van der Waals surface area contributed by atoms with Crippen molar-refractivity contribution in [1.29, 1.82) is 0 Å². The second-order valence-electron chi connectivity index (χ2n) is 5.20. The number of rotatable bonds is 7. The van der Waals surface area contributed by atoms with Crippen LogP contribution in [0.5, 0.6) is 0 Å². The summed E-state index contributed by atoms with van der Waals surface area (Å²) >= 11 is 0. The van der Waals surface area contributed by atoms with Crippen LogP contribution in [-0.4, -0.2) is 32.1 Å². The van der Waals surface area contributed by atoms with Crippen LogP contribution in [0.3, 0.4) is 0 Å². The van der Waals surface area contributed by atoms with Gasteiger partial charge in [-0.3, -0.25) is 9.59 Å². The van der Waals surface area contributed by atoms with Crippen molar-refractivity contribution in [3.05, 3.63) is 29.8 Å². The summed E-state index contributed by atoms with van der Waals surface area (Å²) in [7, 11) is 1.58. The van der Waals surface area contributed by atoms with Gasteiger partial charge in [0.15, 0.2) is 0 Å². The van der Waals surface area contributed by atoms with Gasteiger partial charge in [-0.15, -0.1) is 0 Å². The highest BCUT2D eigenvalue weighted by atomic mass is 19.1. The predicted molar refractivity (Wildman–Crippen MR) is 76.1 cm³/mol. The quantitative estimate of drug-likeness (QED) is 0.753. The lowest BCUT2D eigenvalue weighted by Gasteiger charge is -2.07. The van der Waals surface area contributed by atoms with E-state index >= 15 is 0 Å². The topological polar surface area (TPSA) is 67.4 Å². The fourth-order valence-corrected chi connectivity index (χ4v) is 2.15. The van der Waals surface area contributed by atoms with E-state index in [2.05, 4.69) is 10.6 Å². The Hall–Kier alpha value is -2.02. The molecule has 2 atom stereocenters. The normalized spacial score (nSPS) is 19.6. The number of hydrogen-bond donors (Lipinski definition) is 2. The Kier molecular flexibility index (Phi) is 5.43. The molecule has 0 radical (unpaired) electrons. The molecule has 1 aromatic rings. The van der Waals surface area contributed by atoms with Crippen molar-refractivity contribution in [1.82, 2.24) is 5.32 Å². The summed E-state index contributed by atoms with van der Waals surface area (Å²) in [6, 6.07) is 2.92. The van der Waals surface area contributed by atoms with E-state index in [1.165, 1.54) is 0 Å². The minimum atomic E-state index is -0.838. The number of nitrogens with one attached hydrogen (secondary N) is 2. The summed E-state index contributed by atoms with van der Waals surface area (Å²) in [5, 5.41) is 5.10. The molecule has 2 rings (SSSR count). The van der Waals surface area contributed by atoms with Gasteiger partial charge in [0.1, 0.15) is 11.6 Å². The van der Waals surface area contributed by atoms with E-state index in [0.29, 0.717) is 32.1 Å². The highest BCUT2D eigenvalue weighted by molar-refractivity contribution is 5.99. The lowest BCUT2D eigenvalue weighted by molar-refractivity contribution is -0.125. The molecule has 1 aliphatic rings. The first-order valence-corrected chi connectivity index (χ1v) is 7.05. The van der Waals surface area contributed by atoms with Gasteiger partial charge < -0.3 is 15.4 Å². The number of carbonyl (C=O) groups is 2. The zero-order chi connectivity index (χ0) is 16.1. The van der Waals surface area contributed by atoms with Gasteiger partial charge in [0.2, 0.25) is 11.8 Å². The fourth-order valence-electron chi connectivity index (χ4n) is 2.15. The van der Waals surface area contributed by atoms with E-state index in [0.717, 1.165) is 12.1 Å². The van der Waals surface area contributed by atoms with Crippen LogP contribution in [-0.2, 0) is 14.3 Å². The average molecular weight is 312 g/mol. The lowest BCUT2D eigenvalue weighted by atomic mass is 10.2. The number of hydrogen-bond acceptors (Lipinski definition) is 3. The van der Waals surface area contributed by atoms with Gasteiger partial charge in [0, 0.05) is 26.3 Å². The molecule has 2 unspecified atom stereocenters. The number of carbonyl (C=O) groups excluding carboxylic acids is 2. The summed E-state index contributed by atoms with van der Waals surface area (Å²) in [5.41, 5.74) is -0.0856. The highest BCUT2D eigenvalue weighted by Crippen LogP contribution is 2.39. The van der Waals surface area contributed by atoms with E-state index in [9.17, 15) is 18.4 Å². The first-order valence-electron chi connectivity index (χ1n) is 7.05. The number of ether oxygens (including phenoxy) is 1. The monoisotopic (exact) mass is 312 g/mol. The van der Waals surface area contributed by atoms with E-state index in [4.69, 9.17) is 4.74 Å². The van der Waals surface area contributed by atoms with E-state index in [1.807, 2.05) is 0 Å². The summed E-state index contributed by atoms with van der Waals surface area (Å²) in [6.45, 7) is 1.04. The van der Waals surface area contributed by atoms with Gasteiger partial charge in [-0.2, -0.15) is 0 Å². The molecule has 0 spiro atoms. The second-order valence-corrected chi connectivity index (χ2v) is 5.20. The lowest BCUT2D eigenvalue weighted by Crippen LogP contribution is -2.28. The fraction of sp³-hybridized carbons (Fsp3) is 0.467. The molecular weight excluding hydrogens is 294 g/mol. The SMILES string of the molecule is COCCCNC(=O)C1CC1C(=O)Nc1ccc(F)cc1F. The molecule has 0 saturated heterocycles. The summed E-state index contributed by atoms with van der Waals surface area (Å²) in [5.74, 6) is -3.01. The van der Waals surface area contributed by atoms with Gasteiger partial charge in [-0.1, -0.05) is 0 Å². The molecule has 0 aliphatic heterocycles. The minimum Gasteiger partial charge on any atom is -0.385 e. The van der Waals surface area contributed by atoms with Crippen molar-refractivity contribution >= 4 is 17.5 Å². The third-order valence-electron chi connectivity index (χ3n) is 3.48. The number of halogens is 2. The first-order chi connectivity index (χ1) is 10.5. The maximum atomic E-state index is 13.4. The van der Waals surface area contributed by atoms with Crippen molar-refractivity contribution in [2.45, 2.75) is 12.8 Å². The summed E-state index contributed by atoms with van der Waals surface area (Å²) in [6.07, 6.45) is 1.14. The molecule has 5 nitrogen and oxygen atoms in total. The predicted octanol–water partition coefficient (Wildman–Crippen LogP) is 1.69. The minimum absolute atomic E-state index is 0.0856. The standard InChI is InChI=1S/C15H18F2N2O3/c1-22-6-2-5-18-14(20)10-8-11(10)15(21)19-13-4-3-9(16)7-12(13)17/h3-4,7,10-11H,2,5-6,8H2,1H3,(H,18,20)(H,19,21). The molecule has 1 saturated carbocycles. The van der Waals surface area contributed by atoms with Crippen molar-refractivity contribution in [2.75, 3.05) is 25.6 Å². The van der Waals surface area contributed by atoms with Gasteiger partial charge in [-0.25, -0.2) is 8.78 Å². The zero-order valence-electron chi connectivity index (χ0n) is 12.2. The maximum Gasteiger partial charge on any atom is 0.228 e. The van der Waals surface area contributed by atoms with Crippen LogP contribution >= 0.6 is 0 Å². The number of amides is 2.